The van der Waals surface area contributed by atoms with Gasteiger partial charge in [-0.3, -0.25) is 4.79 Å². The van der Waals surface area contributed by atoms with Crippen molar-refractivity contribution < 1.29 is 9.53 Å². The third-order valence-corrected chi connectivity index (χ3v) is 4.55. The highest BCUT2D eigenvalue weighted by Gasteiger charge is 2.22. The predicted octanol–water partition coefficient (Wildman–Crippen LogP) is 2.52. The normalized spacial score (nSPS) is 15.0. The molecule has 3 rings (SSSR count). The number of hydrogen-bond donors (Lipinski definition) is 0. The van der Waals surface area contributed by atoms with Crippen molar-refractivity contribution in [3.63, 3.8) is 0 Å². The van der Waals surface area contributed by atoms with E-state index in [9.17, 15) is 4.79 Å². The highest BCUT2D eigenvalue weighted by molar-refractivity contribution is 7.13. The lowest BCUT2D eigenvalue weighted by Gasteiger charge is -2.34. The quantitative estimate of drug-likeness (QED) is 0.860. The summed E-state index contributed by atoms with van der Waals surface area (Å²) >= 11 is 7.51. The van der Waals surface area contributed by atoms with E-state index in [0.29, 0.717) is 23.9 Å². The van der Waals surface area contributed by atoms with E-state index in [1.54, 1.807) is 41.8 Å². The fourth-order valence-corrected chi connectivity index (χ4v) is 3.19. The Morgan fingerprint density at radius 3 is 2.82 bits per heavy atom. The van der Waals surface area contributed by atoms with Crippen LogP contribution in [0, 0.1) is 0 Å². The molecule has 0 bridgehead atoms. The van der Waals surface area contributed by atoms with Crippen LogP contribution < -0.4 is 9.64 Å². The molecule has 1 aliphatic rings. The molecule has 1 amide bonds. The first-order valence-electron chi connectivity index (χ1n) is 7.03. The second kappa shape index (κ2) is 6.98. The minimum absolute atomic E-state index is 0.00114. The van der Waals surface area contributed by atoms with Crippen LogP contribution >= 0.6 is 22.9 Å². The number of ether oxygens (including phenoxy) is 1. The Hall–Kier alpha value is -1.79. The molecule has 0 N–H and O–H groups in total. The van der Waals surface area contributed by atoms with E-state index in [1.807, 2.05) is 10.3 Å². The number of hydrogen-bond acceptors (Lipinski definition) is 5. The third-order valence-electron chi connectivity index (χ3n) is 3.48. The van der Waals surface area contributed by atoms with Crippen LogP contribution in [0.2, 0.25) is 5.02 Å². The van der Waals surface area contributed by atoms with Crippen molar-refractivity contribution in [3.8, 4) is 5.75 Å². The number of amides is 1. The van der Waals surface area contributed by atoms with Crippen molar-refractivity contribution in [2.45, 2.75) is 0 Å². The zero-order chi connectivity index (χ0) is 15.4. The number of carbonyl (C=O) groups is 1. The maximum Gasteiger partial charge on any atom is 0.260 e. The number of nitrogens with zero attached hydrogens (tertiary/aromatic N) is 3. The van der Waals surface area contributed by atoms with Gasteiger partial charge < -0.3 is 14.5 Å². The van der Waals surface area contributed by atoms with Gasteiger partial charge in [-0.1, -0.05) is 17.7 Å². The van der Waals surface area contributed by atoms with Gasteiger partial charge in [0.2, 0.25) is 0 Å². The highest BCUT2D eigenvalue weighted by atomic mass is 35.5. The molecule has 0 radical (unpaired) electrons. The first kappa shape index (κ1) is 15.1. The molecule has 0 atom stereocenters. The largest absolute Gasteiger partial charge is 0.484 e. The van der Waals surface area contributed by atoms with Gasteiger partial charge in [0, 0.05) is 42.8 Å². The van der Waals surface area contributed by atoms with Crippen molar-refractivity contribution in [2.24, 2.45) is 0 Å². The Morgan fingerprint density at radius 1 is 1.32 bits per heavy atom. The zero-order valence-corrected chi connectivity index (χ0v) is 13.5. The first-order chi connectivity index (χ1) is 10.7. The van der Waals surface area contributed by atoms with Gasteiger partial charge >= 0.3 is 0 Å². The van der Waals surface area contributed by atoms with E-state index in [4.69, 9.17) is 16.3 Å². The lowest BCUT2D eigenvalue weighted by molar-refractivity contribution is -0.133. The Kier molecular flexibility index (Phi) is 4.80. The van der Waals surface area contributed by atoms with Crippen molar-refractivity contribution in [3.05, 3.63) is 40.9 Å². The maximum absolute atomic E-state index is 12.2. The summed E-state index contributed by atoms with van der Waals surface area (Å²) < 4.78 is 5.50. The summed E-state index contributed by atoms with van der Waals surface area (Å²) in [4.78, 5) is 20.5. The average Bonchev–Trinajstić information content (AvgIpc) is 3.07. The van der Waals surface area contributed by atoms with Crippen LogP contribution in [-0.4, -0.2) is 48.6 Å². The van der Waals surface area contributed by atoms with Crippen LogP contribution in [0.1, 0.15) is 0 Å². The summed E-state index contributed by atoms with van der Waals surface area (Å²) in [6, 6.07) is 7.07. The standard InChI is InChI=1S/C15H16ClN3O2S/c16-12-2-1-3-13(10-12)21-11-14(20)18-5-7-19(8-6-18)15-17-4-9-22-15/h1-4,9-10H,5-8,11H2. The monoisotopic (exact) mass is 337 g/mol. The van der Waals surface area contributed by atoms with Crippen molar-refractivity contribution in [1.29, 1.82) is 0 Å². The number of anilines is 1. The second-order valence-electron chi connectivity index (χ2n) is 4.93. The molecule has 7 heteroatoms. The number of rotatable bonds is 4. The molecule has 2 aromatic rings. The number of thiazole rings is 1. The number of aromatic nitrogens is 1. The number of carbonyl (C=O) groups excluding carboxylic acids is 1. The van der Waals surface area contributed by atoms with Gasteiger partial charge in [-0.25, -0.2) is 4.98 Å². The van der Waals surface area contributed by atoms with E-state index in [0.717, 1.165) is 18.2 Å². The predicted molar refractivity (Wildman–Crippen MR) is 87.9 cm³/mol. The van der Waals surface area contributed by atoms with Crippen LogP contribution in [0.5, 0.6) is 5.75 Å². The van der Waals surface area contributed by atoms with Gasteiger partial charge in [-0.05, 0) is 18.2 Å². The maximum atomic E-state index is 12.2. The number of halogens is 1. The van der Waals surface area contributed by atoms with Gasteiger partial charge in [0.25, 0.3) is 5.91 Å². The summed E-state index contributed by atoms with van der Waals surface area (Å²) in [5, 5.41) is 3.58. The summed E-state index contributed by atoms with van der Waals surface area (Å²) in [7, 11) is 0. The van der Waals surface area contributed by atoms with Crippen LogP contribution in [0.4, 0.5) is 5.13 Å². The summed E-state index contributed by atoms with van der Waals surface area (Å²) in [6.45, 7) is 3.03. The molecule has 0 saturated carbocycles. The zero-order valence-electron chi connectivity index (χ0n) is 11.9. The molecular weight excluding hydrogens is 322 g/mol. The van der Waals surface area contributed by atoms with Gasteiger partial charge in [0.1, 0.15) is 5.75 Å². The summed E-state index contributed by atoms with van der Waals surface area (Å²) in [5.74, 6) is 0.612. The molecule has 0 spiro atoms. The fourth-order valence-electron chi connectivity index (χ4n) is 2.31. The Bertz CT molecular complexity index is 627. The highest BCUT2D eigenvalue weighted by Crippen LogP contribution is 2.19. The fraction of sp³-hybridized carbons (Fsp3) is 0.333. The van der Waals surface area contributed by atoms with Gasteiger partial charge in [-0.15, -0.1) is 11.3 Å². The molecule has 0 unspecified atom stereocenters. The van der Waals surface area contributed by atoms with Crippen LogP contribution in [-0.2, 0) is 4.79 Å². The van der Waals surface area contributed by atoms with Gasteiger partial charge in [-0.2, -0.15) is 0 Å². The van der Waals surface area contributed by atoms with Gasteiger partial charge in [0.15, 0.2) is 11.7 Å². The molecule has 116 valence electrons. The molecule has 1 saturated heterocycles. The molecule has 5 nitrogen and oxygen atoms in total. The average molecular weight is 338 g/mol. The molecule has 1 aromatic carbocycles. The third kappa shape index (κ3) is 3.69. The minimum atomic E-state index is -0.00114. The lowest BCUT2D eigenvalue weighted by Crippen LogP contribution is -2.50. The summed E-state index contributed by atoms with van der Waals surface area (Å²) in [5.41, 5.74) is 0. The first-order valence-corrected chi connectivity index (χ1v) is 8.29. The van der Waals surface area contributed by atoms with E-state index >= 15 is 0 Å². The second-order valence-corrected chi connectivity index (χ2v) is 6.24. The van der Waals surface area contributed by atoms with Crippen LogP contribution in [0.25, 0.3) is 0 Å². The van der Waals surface area contributed by atoms with E-state index in [2.05, 4.69) is 9.88 Å². The van der Waals surface area contributed by atoms with E-state index in [1.165, 1.54) is 0 Å². The topological polar surface area (TPSA) is 45.7 Å². The van der Waals surface area contributed by atoms with Crippen LogP contribution in [0.15, 0.2) is 35.8 Å². The number of piperazine rings is 1. The molecule has 0 aliphatic carbocycles. The van der Waals surface area contributed by atoms with E-state index in [-0.39, 0.29) is 12.5 Å². The van der Waals surface area contributed by atoms with Gasteiger partial charge in [0.05, 0.1) is 0 Å². The Balaban J connectivity index is 1.48. The van der Waals surface area contributed by atoms with E-state index < -0.39 is 0 Å². The molecule has 2 heterocycles. The molecule has 22 heavy (non-hydrogen) atoms. The Labute approximate surface area is 138 Å². The lowest BCUT2D eigenvalue weighted by atomic mass is 10.3. The van der Waals surface area contributed by atoms with Crippen molar-refractivity contribution >= 4 is 34.0 Å². The molecular formula is C15H16ClN3O2S. The molecule has 1 fully saturated rings. The number of benzene rings is 1. The van der Waals surface area contributed by atoms with Crippen molar-refractivity contribution in [1.82, 2.24) is 9.88 Å². The minimum Gasteiger partial charge on any atom is -0.484 e. The molecule has 1 aromatic heterocycles. The van der Waals surface area contributed by atoms with Crippen LogP contribution in [0.3, 0.4) is 0 Å². The van der Waals surface area contributed by atoms with Crippen molar-refractivity contribution in [2.75, 3.05) is 37.7 Å². The molecule has 1 aliphatic heterocycles. The smallest absolute Gasteiger partial charge is 0.260 e. The Morgan fingerprint density at radius 2 is 2.14 bits per heavy atom. The summed E-state index contributed by atoms with van der Waals surface area (Å²) in [6.07, 6.45) is 1.80. The SMILES string of the molecule is O=C(COc1cccc(Cl)c1)N1CCN(c2nccs2)CC1.